The van der Waals surface area contributed by atoms with E-state index in [0.717, 1.165) is 67.0 Å². The van der Waals surface area contributed by atoms with Crippen molar-refractivity contribution in [2.75, 3.05) is 32.7 Å². The van der Waals surface area contributed by atoms with E-state index in [9.17, 15) is 22.8 Å². The number of amides is 2. The SMILES string of the molecule is O=C(C(Cc1ccccc1)N(Cc1ccc(-c2ccccn2)cc1)C(=O)C=Cc1ccc(C(F)(F)F)cc1)N1CCC(CN2CCCC2)CC1. The Balaban J connectivity index is 1.27. The fourth-order valence-corrected chi connectivity index (χ4v) is 6.94. The first kappa shape index (κ1) is 35.1. The summed E-state index contributed by atoms with van der Waals surface area (Å²) in [6.07, 6.45) is 4.85. The van der Waals surface area contributed by atoms with Gasteiger partial charge in [-0.25, -0.2) is 0 Å². The lowest BCUT2D eigenvalue weighted by molar-refractivity contribution is -0.145. The minimum Gasteiger partial charge on any atom is -0.341 e. The minimum atomic E-state index is -4.45. The van der Waals surface area contributed by atoms with Gasteiger partial charge in [-0.3, -0.25) is 14.6 Å². The normalized spacial score (nSPS) is 16.5. The molecule has 2 fully saturated rings. The van der Waals surface area contributed by atoms with Crippen molar-refractivity contribution in [1.82, 2.24) is 19.7 Å². The lowest BCUT2D eigenvalue weighted by atomic mass is 9.94. The van der Waals surface area contributed by atoms with Gasteiger partial charge in [0.15, 0.2) is 0 Å². The lowest BCUT2D eigenvalue weighted by Gasteiger charge is -2.38. The maximum absolute atomic E-state index is 14.5. The first-order chi connectivity index (χ1) is 24.2. The van der Waals surface area contributed by atoms with E-state index in [1.54, 1.807) is 11.1 Å². The molecule has 1 atom stereocenters. The van der Waals surface area contributed by atoms with Crippen LogP contribution >= 0.6 is 0 Å². The maximum Gasteiger partial charge on any atom is 0.416 e. The second-order valence-electron chi connectivity index (χ2n) is 13.3. The van der Waals surface area contributed by atoms with E-state index in [4.69, 9.17) is 0 Å². The third-order valence-corrected chi connectivity index (χ3v) is 9.78. The van der Waals surface area contributed by atoms with Gasteiger partial charge in [-0.1, -0.05) is 72.8 Å². The number of benzene rings is 3. The topological polar surface area (TPSA) is 56.8 Å². The molecule has 260 valence electrons. The van der Waals surface area contributed by atoms with Crippen molar-refractivity contribution < 1.29 is 22.8 Å². The van der Waals surface area contributed by atoms with Crippen LogP contribution in [0.5, 0.6) is 0 Å². The summed E-state index contributed by atoms with van der Waals surface area (Å²) in [5.41, 5.74) is 3.24. The number of carbonyl (C=O) groups is 2. The van der Waals surface area contributed by atoms with E-state index < -0.39 is 23.7 Å². The molecule has 0 radical (unpaired) electrons. The number of alkyl halides is 3. The first-order valence-corrected chi connectivity index (χ1v) is 17.4. The van der Waals surface area contributed by atoms with E-state index in [-0.39, 0.29) is 12.5 Å². The number of aromatic nitrogens is 1. The molecule has 50 heavy (non-hydrogen) atoms. The Morgan fingerprint density at radius 2 is 1.50 bits per heavy atom. The summed E-state index contributed by atoms with van der Waals surface area (Å²) >= 11 is 0. The molecule has 3 aromatic carbocycles. The standard InChI is InChI=1S/C41H43F3N4O2/c42-41(43,44)36-18-13-31(14-19-36)15-20-39(49)48(30-33-11-16-35(17-12-33)37-10-4-5-23-45-37)38(28-32-8-2-1-3-9-32)40(50)47-26-21-34(22-27-47)29-46-24-6-7-25-46/h1-5,8-20,23,34,38H,6-7,21-22,24-30H2. The zero-order valence-electron chi connectivity index (χ0n) is 28.1. The van der Waals surface area contributed by atoms with Crippen LogP contribution in [0.4, 0.5) is 13.2 Å². The Morgan fingerprint density at radius 3 is 2.14 bits per heavy atom. The molecule has 0 saturated carbocycles. The molecular weight excluding hydrogens is 637 g/mol. The number of halogens is 3. The molecule has 0 bridgehead atoms. The molecule has 2 aliphatic rings. The Labute approximate surface area is 292 Å². The predicted molar refractivity (Wildman–Crippen MR) is 190 cm³/mol. The molecular formula is C41H43F3N4O2. The summed E-state index contributed by atoms with van der Waals surface area (Å²) < 4.78 is 39.5. The van der Waals surface area contributed by atoms with Crippen molar-refractivity contribution in [2.45, 2.75) is 50.9 Å². The van der Waals surface area contributed by atoms with Crippen LogP contribution in [0.3, 0.4) is 0 Å². The summed E-state index contributed by atoms with van der Waals surface area (Å²) in [7, 11) is 0. The predicted octanol–water partition coefficient (Wildman–Crippen LogP) is 7.76. The number of rotatable bonds is 11. The molecule has 1 unspecified atom stereocenters. The largest absolute Gasteiger partial charge is 0.416 e. The number of carbonyl (C=O) groups excluding carboxylic acids is 2. The van der Waals surface area contributed by atoms with Gasteiger partial charge in [0.2, 0.25) is 11.8 Å². The number of nitrogens with zero attached hydrogens (tertiary/aromatic N) is 4. The summed E-state index contributed by atoms with van der Waals surface area (Å²) in [5.74, 6) is 0.0681. The van der Waals surface area contributed by atoms with Gasteiger partial charge in [0.25, 0.3) is 0 Å². The van der Waals surface area contributed by atoms with Gasteiger partial charge in [-0.15, -0.1) is 0 Å². The van der Waals surface area contributed by atoms with Crippen LogP contribution in [-0.2, 0) is 28.7 Å². The Kier molecular flexibility index (Phi) is 11.4. The molecule has 0 aliphatic carbocycles. The molecule has 3 heterocycles. The van der Waals surface area contributed by atoms with Crippen molar-refractivity contribution >= 4 is 17.9 Å². The van der Waals surface area contributed by atoms with Crippen LogP contribution < -0.4 is 0 Å². The van der Waals surface area contributed by atoms with Crippen molar-refractivity contribution in [3.8, 4) is 11.3 Å². The second kappa shape index (κ2) is 16.3. The maximum atomic E-state index is 14.5. The zero-order valence-corrected chi connectivity index (χ0v) is 28.1. The minimum absolute atomic E-state index is 0.0881. The smallest absolute Gasteiger partial charge is 0.341 e. The van der Waals surface area contributed by atoms with Crippen molar-refractivity contribution in [3.63, 3.8) is 0 Å². The molecule has 1 aromatic heterocycles. The van der Waals surface area contributed by atoms with Crippen LogP contribution in [-0.4, -0.2) is 70.3 Å². The highest BCUT2D eigenvalue weighted by Gasteiger charge is 2.35. The lowest BCUT2D eigenvalue weighted by Crippen LogP contribution is -2.53. The van der Waals surface area contributed by atoms with Crippen LogP contribution in [0, 0.1) is 5.92 Å². The van der Waals surface area contributed by atoms with Crippen LogP contribution in [0.2, 0.25) is 0 Å². The van der Waals surface area contributed by atoms with Gasteiger partial charge < -0.3 is 14.7 Å². The third-order valence-electron chi connectivity index (χ3n) is 9.78. The van der Waals surface area contributed by atoms with Gasteiger partial charge >= 0.3 is 6.18 Å². The molecule has 6 nitrogen and oxygen atoms in total. The number of hydrogen-bond acceptors (Lipinski definition) is 4. The fraction of sp³-hybridized carbons (Fsp3) is 0.341. The summed E-state index contributed by atoms with van der Waals surface area (Å²) in [6.45, 7) is 4.84. The van der Waals surface area contributed by atoms with Gasteiger partial charge in [0, 0.05) is 50.4 Å². The van der Waals surface area contributed by atoms with Crippen molar-refractivity contribution in [2.24, 2.45) is 5.92 Å². The van der Waals surface area contributed by atoms with E-state index in [1.165, 1.54) is 37.1 Å². The van der Waals surface area contributed by atoms with Gasteiger partial charge in [-0.2, -0.15) is 13.2 Å². The third kappa shape index (κ3) is 9.27. The van der Waals surface area contributed by atoms with Crippen molar-refractivity contribution in [1.29, 1.82) is 0 Å². The highest BCUT2D eigenvalue weighted by molar-refractivity contribution is 5.95. The van der Waals surface area contributed by atoms with Crippen LogP contribution in [0.15, 0.2) is 109 Å². The van der Waals surface area contributed by atoms with E-state index in [1.807, 2.05) is 77.7 Å². The fourth-order valence-electron chi connectivity index (χ4n) is 6.94. The van der Waals surface area contributed by atoms with Crippen LogP contribution in [0.25, 0.3) is 17.3 Å². The quantitative estimate of drug-likeness (QED) is 0.152. The van der Waals surface area contributed by atoms with Gasteiger partial charge in [0.05, 0.1) is 11.3 Å². The van der Waals surface area contributed by atoms with E-state index in [0.29, 0.717) is 31.0 Å². The molecule has 2 saturated heterocycles. The van der Waals surface area contributed by atoms with Crippen LogP contribution in [0.1, 0.15) is 47.9 Å². The molecule has 2 amide bonds. The molecule has 4 aromatic rings. The number of piperidine rings is 1. The zero-order chi connectivity index (χ0) is 34.9. The summed E-state index contributed by atoms with van der Waals surface area (Å²) in [4.78, 5) is 39.2. The Hall–Kier alpha value is -4.76. The summed E-state index contributed by atoms with van der Waals surface area (Å²) in [5, 5.41) is 0. The van der Waals surface area contributed by atoms with Gasteiger partial charge in [-0.05, 0) is 91.7 Å². The Bertz CT molecular complexity index is 1710. The van der Waals surface area contributed by atoms with Gasteiger partial charge in [0.1, 0.15) is 6.04 Å². The molecule has 2 aliphatic heterocycles. The molecule has 0 spiro atoms. The monoisotopic (exact) mass is 680 g/mol. The molecule has 0 N–H and O–H groups in total. The van der Waals surface area contributed by atoms with E-state index >= 15 is 0 Å². The highest BCUT2D eigenvalue weighted by Crippen LogP contribution is 2.29. The molecule has 6 rings (SSSR count). The summed E-state index contributed by atoms with van der Waals surface area (Å²) in [6, 6.07) is 27.1. The second-order valence-corrected chi connectivity index (χ2v) is 13.3. The Morgan fingerprint density at radius 1 is 0.820 bits per heavy atom. The molecule has 9 heteroatoms. The average molecular weight is 681 g/mol. The highest BCUT2D eigenvalue weighted by atomic mass is 19.4. The average Bonchev–Trinajstić information content (AvgIpc) is 3.66. The number of likely N-dealkylation sites (tertiary alicyclic amines) is 2. The van der Waals surface area contributed by atoms with Crippen molar-refractivity contribution in [3.05, 3.63) is 132 Å². The number of hydrogen-bond donors (Lipinski definition) is 0. The first-order valence-electron chi connectivity index (χ1n) is 17.4. The van der Waals surface area contributed by atoms with E-state index in [2.05, 4.69) is 9.88 Å². The number of pyridine rings is 1.